The average molecular weight is 382 g/mol. The molecule has 1 heterocycles. The number of likely N-dealkylation sites (tertiary alicyclic amines) is 1. The van der Waals surface area contributed by atoms with Crippen molar-refractivity contribution in [3.8, 4) is 0 Å². The fourth-order valence-electron chi connectivity index (χ4n) is 2.99. The third-order valence-corrected chi connectivity index (χ3v) is 4.75. The van der Waals surface area contributed by atoms with Gasteiger partial charge in [0, 0.05) is 13.1 Å². The van der Waals surface area contributed by atoms with E-state index >= 15 is 0 Å². The van der Waals surface area contributed by atoms with E-state index in [4.69, 9.17) is 16.3 Å². The number of nitrogens with zero attached hydrogens (tertiary/aromatic N) is 1. The summed E-state index contributed by atoms with van der Waals surface area (Å²) in [5.41, 5.74) is 4.01. The predicted molar refractivity (Wildman–Crippen MR) is 106 cm³/mol. The molecule has 27 heavy (non-hydrogen) atoms. The van der Waals surface area contributed by atoms with Crippen LogP contribution >= 0.6 is 11.6 Å². The molecule has 0 saturated carbocycles. The number of carbonyl (C=O) groups is 2. The fourth-order valence-corrected chi connectivity index (χ4v) is 3.27. The zero-order chi connectivity index (χ0) is 19.4. The number of esters is 1. The minimum Gasteiger partial charge on any atom is -0.465 e. The molecule has 5 heteroatoms. The lowest BCUT2D eigenvalue weighted by Gasteiger charge is -2.14. The molecule has 1 amide bonds. The van der Waals surface area contributed by atoms with Gasteiger partial charge in [0.1, 0.15) is 5.03 Å². The summed E-state index contributed by atoms with van der Waals surface area (Å²) in [4.78, 5) is 26.6. The summed E-state index contributed by atoms with van der Waals surface area (Å²) in [7, 11) is 1.25. The summed E-state index contributed by atoms with van der Waals surface area (Å²) in [5, 5.41) is -0.184. The van der Waals surface area contributed by atoms with Crippen LogP contribution in [0.2, 0.25) is 0 Å². The van der Waals surface area contributed by atoms with Gasteiger partial charge in [-0.2, -0.15) is 0 Å². The molecule has 0 aromatic heterocycles. The first-order valence-electron chi connectivity index (χ1n) is 8.58. The Balaban J connectivity index is 1.99. The van der Waals surface area contributed by atoms with Crippen LogP contribution in [0, 0.1) is 6.92 Å². The van der Waals surface area contributed by atoms with E-state index in [1.807, 2.05) is 67.6 Å². The highest BCUT2D eigenvalue weighted by atomic mass is 35.5. The summed E-state index contributed by atoms with van der Waals surface area (Å²) in [6.07, 6.45) is 1.89. The van der Waals surface area contributed by atoms with Crippen LogP contribution in [0.3, 0.4) is 0 Å². The van der Waals surface area contributed by atoms with Crippen LogP contribution in [0.25, 0.3) is 6.08 Å². The predicted octanol–water partition coefficient (Wildman–Crippen LogP) is 4.09. The molecule has 2 aromatic rings. The van der Waals surface area contributed by atoms with Gasteiger partial charge < -0.3 is 9.64 Å². The number of aryl methyl sites for hydroxylation is 1. The third-order valence-electron chi connectivity index (χ3n) is 4.40. The molecule has 1 saturated heterocycles. The van der Waals surface area contributed by atoms with Crippen molar-refractivity contribution in [2.45, 2.75) is 13.5 Å². The van der Waals surface area contributed by atoms with Gasteiger partial charge in [0.25, 0.3) is 5.91 Å². The Morgan fingerprint density at radius 2 is 1.81 bits per heavy atom. The zero-order valence-electron chi connectivity index (χ0n) is 15.2. The molecule has 2 aromatic carbocycles. The van der Waals surface area contributed by atoms with Crippen molar-refractivity contribution in [3.05, 3.63) is 87.5 Å². The van der Waals surface area contributed by atoms with Gasteiger partial charge in [-0.25, -0.2) is 4.79 Å². The van der Waals surface area contributed by atoms with Gasteiger partial charge >= 0.3 is 5.97 Å². The summed E-state index contributed by atoms with van der Waals surface area (Å²) in [5.74, 6) is -0.982. The monoisotopic (exact) mass is 381 g/mol. The van der Waals surface area contributed by atoms with Gasteiger partial charge in [-0.05, 0) is 29.7 Å². The van der Waals surface area contributed by atoms with Gasteiger partial charge in [-0.1, -0.05) is 71.8 Å². The normalized spacial score (nSPS) is 17.4. The Morgan fingerprint density at radius 3 is 2.44 bits per heavy atom. The Kier molecular flexibility index (Phi) is 5.77. The van der Waals surface area contributed by atoms with Crippen molar-refractivity contribution in [1.29, 1.82) is 0 Å². The zero-order valence-corrected chi connectivity index (χ0v) is 16.0. The van der Waals surface area contributed by atoms with Crippen molar-refractivity contribution in [2.24, 2.45) is 0 Å². The van der Waals surface area contributed by atoms with E-state index in [1.54, 1.807) is 4.90 Å². The molecule has 3 rings (SSSR count). The molecule has 0 bridgehead atoms. The molecule has 0 aliphatic carbocycles. The molecular weight excluding hydrogens is 362 g/mol. The van der Waals surface area contributed by atoms with Crippen LogP contribution in [0.5, 0.6) is 0 Å². The molecule has 138 valence electrons. The lowest BCUT2D eigenvalue weighted by atomic mass is 10.0. The Labute approximate surface area is 163 Å². The van der Waals surface area contributed by atoms with Crippen molar-refractivity contribution in [3.63, 3.8) is 0 Å². The van der Waals surface area contributed by atoms with Crippen molar-refractivity contribution >= 4 is 29.6 Å². The number of halogens is 1. The molecule has 0 atom stereocenters. The third kappa shape index (κ3) is 4.29. The van der Waals surface area contributed by atoms with Gasteiger partial charge in [0.05, 0.1) is 12.7 Å². The highest BCUT2D eigenvalue weighted by Crippen LogP contribution is 2.31. The number of hydrogen-bond donors (Lipinski definition) is 0. The van der Waals surface area contributed by atoms with Crippen LogP contribution in [-0.4, -0.2) is 30.4 Å². The van der Waals surface area contributed by atoms with E-state index in [1.165, 1.54) is 7.11 Å². The summed E-state index contributed by atoms with van der Waals surface area (Å²) >= 11 is 6.20. The molecule has 1 aliphatic rings. The van der Waals surface area contributed by atoms with Crippen LogP contribution < -0.4 is 0 Å². The first kappa shape index (κ1) is 18.9. The Hall–Kier alpha value is -2.85. The van der Waals surface area contributed by atoms with Crippen molar-refractivity contribution in [2.75, 3.05) is 13.7 Å². The van der Waals surface area contributed by atoms with Gasteiger partial charge in [0.15, 0.2) is 0 Å². The highest BCUT2D eigenvalue weighted by Gasteiger charge is 2.34. The quantitative estimate of drug-likeness (QED) is 0.592. The minimum atomic E-state index is -0.712. The van der Waals surface area contributed by atoms with E-state index in [2.05, 4.69) is 0 Å². The number of rotatable bonds is 4. The van der Waals surface area contributed by atoms with Crippen molar-refractivity contribution in [1.82, 2.24) is 4.90 Å². The molecule has 0 spiro atoms. The minimum absolute atomic E-state index is 0.184. The Bertz CT molecular complexity index is 914. The number of benzene rings is 2. The summed E-state index contributed by atoms with van der Waals surface area (Å²) in [6.45, 7) is 2.83. The first-order chi connectivity index (χ1) is 13.0. The van der Waals surface area contributed by atoms with Crippen LogP contribution in [-0.2, 0) is 20.9 Å². The average Bonchev–Trinajstić information content (AvgIpc) is 2.98. The van der Waals surface area contributed by atoms with Gasteiger partial charge in [0.2, 0.25) is 0 Å². The van der Waals surface area contributed by atoms with Crippen LogP contribution in [0.1, 0.15) is 16.7 Å². The van der Waals surface area contributed by atoms with E-state index in [0.29, 0.717) is 18.7 Å². The number of ether oxygens (including phenoxy) is 1. The Morgan fingerprint density at radius 1 is 1.15 bits per heavy atom. The maximum Gasteiger partial charge on any atom is 0.350 e. The molecule has 4 nitrogen and oxygen atoms in total. The van der Waals surface area contributed by atoms with Crippen molar-refractivity contribution < 1.29 is 14.3 Å². The summed E-state index contributed by atoms with van der Waals surface area (Å²) < 4.78 is 4.71. The number of hydrogen-bond acceptors (Lipinski definition) is 3. The lowest BCUT2D eigenvalue weighted by Crippen LogP contribution is -2.25. The molecule has 0 N–H and O–H groups in total. The lowest BCUT2D eigenvalue weighted by molar-refractivity contribution is -0.136. The second kappa shape index (κ2) is 8.23. The molecule has 1 fully saturated rings. The second-order valence-corrected chi connectivity index (χ2v) is 6.79. The number of methoxy groups -OCH3 is 1. The topological polar surface area (TPSA) is 46.6 Å². The largest absolute Gasteiger partial charge is 0.465 e. The molecule has 0 radical (unpaired) electrons. The van der Waals surface area contributed by atoms with E-state index in [-0.39, 0.29) is 16.5 Å². The molecule has 1 aliphatic heterocycles. The summed E-state index contributed by atoms with van der Waals surface area (Å²) in [6, 6.07) is 17.6. The maximum atomic E-state index is 13.0. The van der Waals surface area contributed by atoms with Gasteiger partial charge in [-0.15, -0.1) is 0 Å². The van der Waals surface area contributed by atoms with Gasteiger partial charge in [-0.3, -0.25) is 4.79 Å². The number of carbonyl (C=O) groups excluding carboxylic acids is 2. The van der Waals surface area contributed by atoms with E-state index in [9.17, 15) is 9.59 Å². The SMILES string of the molecule is COC(=O)/C(Cl)=C1/C(=O)N(Cc2ccccc2)C/C1=C\c1ccc(C)cc1. The maximum absolute atomic E-state index is 13.0. The first-order valence-corrected chi connectivity index (χ1v) is 8.96. The van der Waals surface area contributed by atoms with E-state index in [0.717, 1.165) is 16.7 Å². The molecule has 0 unspecified atom stereocenters. The second-order valence-electron chi connectivity index (χ2n) is 6.41. The smallest absolute Gasteiger partial charge is 0.350 e. The molecular formula is C22H20ClNO3. The standard InChI is InChI=1S/C22H20ClNO3/c1-15-8-10-16(11-9-15)12-18-14-24(13-17-6-4-3-5-7-17)21(25)19(18)20(23)22(26)27-2/h3-12H,13-14H2,1-2H3/b18-12+,20-19-. The highest BCUT2D eigenvalue weighted by molar-refractivity contribution is 6.44. The number of amides is 1. The van der Waals surface area contributed by atoms with Crippen LogP contribution in [0.4, 0.5) is 0 Å². The van der Waals surface area contributed by atoms with E-state index < -0.39 is 5.97 Å². The van der Waals surface area contributed by atoms with Crippen LogP contribution in [0.15, 0.2) is 70.8 Å². The fraction of sp³-hybridized carbons (Fsp3) is 0.182.